The molecule has 0 amide bonds. The van der Waals surface area contributed by atoms with Crippen molar-refractivity contribution in [2.45, 2.75) is 37.1 Å². The van der Waals surface area contributed by atoms with Gasteiger partial charge in [-0.15, -0.1) is 0 Å². The van der Waals surface area contributed by atoms with Crippen LogP contribution in [-0.4, -0.2) is 47.3 Å². The zero-order valence-electron chi connectivity index (χ0n) is 14.5. The smallest absolute Gasteiger partial charge is 0.138 e. The summed E-state index contributed by atoms with van der Waals surface area (Å²) in [5.74, 6) is 0.690. The standard InChI is InChI=1S/C20H24N2O3/c1-22-17-8-20(23,9-18(22)14-24-13-17)16-7-19(11-21-10-16)25-12-15-5-3-2-4-6-15/h2-7,10-11,17-18,23H,8-9,12-14H2,1H3. The Labute approximate surface area is 148 Å². The molecule has 2 fully saturated rings. The summed E-state index contributed by atoms with van der Waals surface area (Å²) in [5, 5.41) is 11.3. The first kappa shape index (κ1) is 16.5. The number of likely N-dealkylation sites (N-methyl/N-ethyl adjacent to an activating group) is 1. The third-order valence-corrected chi connectivity index (χ3v) is 5.42. The van der Waals surface area contributed by atoms with E-state index in [1.165, 1.54) is 0 Å². The Hall–Kier alpha value is -1.95. The maximum absolute atomic E-state index is 11.3. The molecular weight excluding hydrogens is 316 g/mol. The van der Waals surface area contributed by atoms with Gasteiger partial charge in [-0.05, 0) is 31.5 Å². The van der Waals surface area contributed by atoms with Gasteiger partial charge < -0.3 is 14.6 Å². The third kappa shape index (κ3) is 3.40. The molecule has 25 heavy (non-hydrogen) atoms. The Morgan fingerprint density at radius 3 is 2.64 bits per heavy atom. The highest BCUT2D eigenvalue weighted by Crippen LogP contribution is 2.40. The van der Waals surface area contributed by atoms with Crippen molar-refractivity contribution in [3.05, 3.63) is 59.9 Å². The molecule has 3 heterocycles. The monoisotopic (exact) mass is 340 g/mol. The summed E-state index contributed by atoms with van der Waals surface area (Å²) in [6.45, 7) is 1.84. The highest BCUT2D eigenvalue weighted by Gasteiger charge is 2.45. The molecule has 5 heteroatoms. The van der Waals surface area contributed by atoms with Crippen molar-refractivity contribution in [1.29, 1.82) is 0 Å². The van der Waals surface area contributed by atoms with Crippen LogP contribution < -0.4 is 4.74 Å². The van der Waals surface area contributed by atoms with Crippen molar-refractivity contribution >= 4 is 0 Å². The Balaban J connectivity index is 1.51. The molecule has 2 unspecified atom stereocenters. The van der Waals surface area contributed by atoms with Crippen LogP contribution in [0.1, 0.15) is 24.0 Å². The number of aromatic nitrogens is 1. The van der Waals surface area contributed by atoms with E-state index < -0.39 is 5.60 Å². The van der Waals surface area contributed by atoms with E-state index >= 15 is 0 Å². The van der Waals surface area contributed by atoms with Crippen molar-refractivity contribution in [2.24, 2.45) is 0 Å². The number of nitrogens with zero attached hydrogens (tertiary/aromatic N) is 2. The minimum atomic E-state index is -0.870. The largest absolute Gasteiger partial charge is 0.487 e. The topological polar surface area (TPSA) is 54.8 Å². The van der Waals surface area contributed by atoms with Gasteiger partial charge in [0.2, 0.25) is 0 Å². The van der Waals surface area contributed by atoms with Crippen molar-refractivity contribution < 1.29 is 14.6 Å². The van der Waals surface area contributed by atoms with Crippen LogP contribution >= 0.6 is 0 Å². The first-order valence-corrected chi connectivity index (χ1v) is 8.78. The van der Waals surface area contributed by atoms with E-state index in [0.717, 1.165) is 11.1 Å². The minimum absolute atomic E-state index is 0.242. The first-order chi connectivity index (χ1) is 12.1. The molecule has 0 saturated carbocycles. The van der Waals surface area contributed by atoms with Crippen molar-refractivity contribution in [3.8, 4) is 5.75 Å². The van der Waals surface area contributed by atoms with Crippen LogP contribution in [0, 0.1) is 0 Å². The fourth-order valence-electron chi connectivity index (χ4n) is 3.87. The molecule has 5 nitrogen and oxygen atoms in total. The lowest BCUT2D eigenvalue weighted by molar-refractivity contribution is -0.137. The van der Waals surface area contributed by atoms with E-state index in [2.05, 4.69) is 16.9 Å². The molecular formula is C20H24N2O3. The molecule has 2 saturated heterocycles. The van der Waals surface area contributed by atoms with Crippen molar-refractivity contribution in [1.82, 2.24) is 9.88 Å². The Morgan fingerprint density at radius 2 is 1.92 bits per heavy atom. The number of aliphatic hydroxyl groups is 1. The van der Waals surface area contributed by atoms with E-state index in [1.807, 2.05) is 36.4 Å². The number of piperidine rings is 1. The van der Waals surface area contributed by atoms with Crippen LogP contribution in [0.2, 0.25) is 0 Å². The molecule has 2 bridgehead atoms. The molecule has 132 valence electrons. The molecule has 2 aromatic rings. The number of ether oxygens (including phenoxy) is 2. The molecule has 2 aliphatic heterocycles. The predicted octanol–water partition coefficient (Wildman–Crippen LogP) is 2.34. The van der Waals surface area contributed by atoms with Gasteiger partial charge >= 0.3 is 0 Å². The highest BCUT2D eigenvalue weighted by molar-refractivity contribution is 5.30. The molecule has 4 rings (SSSR count). The van der Waals surface area contributed by atoms with Gasteiger partial charge in [-0.25, -0.2) is 0 Å². The summed E-state index contributed by atoms with van der Waals surface area (Å²) >= 11 is 0. The second-order valence-electron chi connectivity index (χ2n) is 7.13. The summed E-state index contributed by atoms with van der Waals surface area (Å²) in [7, 11) is 2.12. The number of benzene rings is 1. The first-order valence-electron chi connectivity index (χ1n) is 8.78. The van der Waals surface area contributed by atoms with Crippen LogP contribution in [-0.2, 0) is 16.9 Å². The highest BCUT2D eigenvalue weighted by atomic mass is 16.5. The van der Waals surface area contributed by atoms with Crippen LogP contribution in [0.4, 0.5) is 0 Å². The van der Waals surface area contributed by atoms with Crippen molar-refractivity contribution in [2.75, 3.05) is 20.3 Å². The number of fused-ring (bicyclic) bond motifs is 2. The van der Waals surface area contributed by atoms with Gasteiger partial charge in [-0.1, -0.05) is 30.3 Å². The number of hydrogen-bond acceptors (Lipinski definition) is 5. The number of pyridine rings is 1. The van der Waals surface area contributed by atoms with Crippen LogP contribution in [0.15, 0.2) is 48.8 Å². The van der Waals surface area contributed by atoms with E-state index in [4.69, 9.17) is 9.47 Å². The van der Waals surface area contributed by atoms with Gasteiger partial charge in [0.15, 0.2) is 0 Å². The maximum Gasteiger partial charge on any atom is 0.138 e. The molecule has 0 radical (unpaired) electrons. The molecule has 2 aliphatic rings. The molecule has 2 atom stereocenters. The maximum atomic E-state index is 11.3. The van der Waals surface area contributed by atoms with Crippen LogP contribution in [0.5, 0.6) is 5.75 Å². The summed E-state index contributed by atoms with van der Waals surface area (Å²) in [5.41, 5.74) is 1.07. The summed E-state index contributed by atoms with van der Waals surface area (Å²) < 4.78 is 11.5. The van der Waals surface area contributed by atoms with Crippen LogP contribution in [0.25, 0.3) is 0 Å². The van der Waals surface area contributed by atoms with E-state index in [-0.39, 0.29) is 12.1 Å². The normalized spacial score (nSPS) is 29.4. The Bertz CT molecular complexity index is 708. The van der Waals surface area contributed by atoms with Gasteiger partial charge in [0.05, 0.1) is 25.0 Å². The van der Waals surface area contributed by atoms with Crippen molar-refractivity contribution in [3.63, 3.8) is 0 Å². The lowest BCUT2D eigenvalue weighted by atomic mass is 9.77. The minimum Gasteiger partial charge on any atom is -0.487 e. The molecule has 1 aromatic carbocycles. The van der Waals surface area contributed by atoms with Gasteiger partial charge in [-0.2, -0.15) is 0 Å². The van der Waals surface area contributed by atoms with E-state index in [1.54, 1.807) is 12.4 Å². The third-order valence-electron chi connectivity index (χ3n) is 5.42. The average Bonchev–Trinajstić information content (AvgIpc) is 2.63. The summed E-state index contributed by atoms with van der Waals surface area (Å²) in [4.78, 5) is 6.63. The second-order valence-corrected chi connectivity index (χ2v) is 7.13. The lowest BCUT2D eigenvalue weighted by Gasteiger charge is -2.50. The summed E-state index contributed by atoms with van der Waals surface area (Å²) in [6, 6.07) is 12.5. The lowest BCUT2D eigenvalue weighted by Crippen LogP contribution is -2.59. The molecule has 0 aliphatic carbocycles. The number of hydrogen-bond donors (Lipinski definition) is 1. The fourth-order valence-corrected chi connectivity index (χ4v) is 3.87. The van der Waals surface area contributed by atoms with Gasteiger partial charge in [0, 0.05) is 23.8 Å². The van der Waals surface area contributed by atoms with Gasteiger partial charge in [0.1, 0.15) is 12.4 Å². The number of rotatable bonds is 4. The quantitative estimate of drug-likeness (QED) is 0.926. The average molecular weight is 340 g/mol. The Kier molecular flexibility index (Phi) is 4.46. The summed E-state index contributed by atoms with van der Waals surface area (Å²) in [6.07, 6.45) is 4.78. The van der Waals surface area contributed by atoms with Crippen LogP contribution in [0.3, 0.4) is 0 Å². The van der Waals surface area contributed by atoms with E-state index in [0.29, 0.717) is 38.4 Å². The van der Waals surface area contributed by atoms with Gasteiger partial charge in [-0.3, -0.25) is 9.88 Å². The Morgan fingerprint density at radius 1 is 1.20 bits per heavy atom. The zero-order chi connectivity index (χ0) is 17.3. The second kappa shape index (κ2) is 6.75. The zero-order valence-corrected chi connectivity index (χ0v) is 14.5. The molecule has 0 spiro atoms. The van der Waals surface area contributed by atoms with Gasteiger partial charge in [0.25, 0.3) is 0 Å². The fraction of sp³-hybridized carbons (Fsp3) is 0.450. The van der Waals surface area contributed by atoms with E-state index in [9.17, 15) is 5.11 Å². The number of morpholine rings is 1. The molecule has 1 aromatic heterocycles. The predicted molar refractivity (Wildman–Crippen MR) is 94.3 cm³/mol. The SMILES string of the molecule is CN1C2COCC1CC(O)(c1cncc(OCc3ccccc3)c1)C2. The molecule has 1 N–H and O–H groups in total.